The molecule has 0 aromatic carbocycles. The number of aromatic nitrogens is 2. The molecule has 0 saturated heterocycles. The molecular weight excluding hydrogens is 168 g/mol. The molecule has 0 spiro atoms. The molecular formula is C6H7ClN2O2. The molecule has 11 heavy (non-hydrogen) atoms. The van der Waals surface area contributed by atoms with Gasteiger partial charge in [0.1, 0.15) is 5.69 Å². The highest BCUT2D eigenvalue weighted by Crippen LogP contribution is 2.18. The third kappa shape index (κ3) is 1.21. The van der Waals surface area contributed by atoms with Crippen molar-refractivity contribution >= 4 is 17.9 Å². The van der Waals surface area contributed by atoms with Gasteiger partial charge in [-0.15, -0.1) is 0 Å². The van der Waals surface area contributed by atoms with Crippen LogP contribution in [0.1, 0.15) is 10.5 Å². The summed E-state index contributed by atoms with van der Waals surface area (Å²) in [6.07, 6.45) is 0.637. The molecule has 0 saturated carbocycles. The van der Waals surface area contributed by atoms with Crippen molar-refractivity contribution in [2.45, 2.75) is 0 Å². The number of methoxy groups -OCH3 is 1. The van der Waals surface area contributed by atoms with Gasteiger partial charge in [0.25, 0.3) is 6.01 Å². The highest BCUT2D eigenvalue weighted by Gasteiger charge is 2.11. The number of hydrogen-bond acceptors (Lipinski definition) is 3. The number of halogens is 1. The van der Waals surface area contributed by atoms with Crippen molar-refractivity contribution in [3.63, 3.8) is 0 Å². The van der Waals surface area contributed by atoms with Gasteiger partial charge in [-0.2, -0.15) is 4.98 Å². The van der Waals surface area contributed by atoms with Gasteiger partial charge in [0.15, 0.2) is 11.4 Å². The van der Waals surface area contributed by atoms with Gasteiger partial charge in [0.05, 0.1) is 7.11 Å². The molecule has 4 nitrogen and oxygen atoms in total. The van der Waals surface area contributed by atoms with Crippen LogP contribution in [0.15, 0.2) is 0 Å². The highest BCUT2D eigenvalue weighted by molar-refractivity contribution is 6.31. The maximum absolute atomic E-state index is 10.4. The first-order valence-corrected chi connectivity index (χ1v) is 3.30. The Hall–Kier alpha value is -1.03. The standard InChI is InChI=1S/C6H7ClN2O2/c1-9-4(3-10)5(7)8-6(9)11-2/h3H,1-2H3. The smallest absolute Gasteiger partial charge is 0.297 e. The molecule has 0 aliphatic carbocycles. The van der Waals surface area contributed by atoms with Gasteiger partial charge in [-0.3, -0.25) is 9.36 Å². The first-order valence-electron chi connectivity index (χ1n) is 2.92. The maximum Gasteiger partial charge on any atom is 0.297 e. The molecule has 1 rings (SSSR count). The summed E-state index contributed by atoms with van der Waals surface area (Å²) in [5, 5.41) is 0.166. The van der Waals surface area contributed by atoms with Crippen molar-refractivity contribution in [1.82, 2.24) is 9.55 Å². The average Bonchev–Trinajstić information content (AvgIpc) is 2.26. The normalized spacial score (nSPS) is 9.73. The fourth-order valence-corrected chi connectivity index (χ4v) is 1.01. The van der Waals surface area contributed by atoms with Crippen LogP contribution in [-0.4, -0.2) is 22.9 Å². The SMILES string of the molecule is COc1nc(Cl)c(C=O)n1C. The Morgan fingerprint density at radius 2 is 2.36 bits per heavy atom. The summed E-state index contributed by atoms with van der Waals surface area (Å²) in [7, 11) is 3.12. The molecule has 1 aromatic rings. The van der Waals surface area contributed by atoms with E-state index in [1.54, 1.807) is 7.05 Å². The molecule has 0 bridgehead atoms. The van der Waals surface area contributed by atoms with E-state index in [1.165, 1.54) is 11.7 Å². The van der Waals surface area contributed by atoms with E-state index >= 15 is 0 Å². The minimum Gasteiger partial charge on any atom is -0.468 e. The second-order valence-electron chi connectivity index (χ2n) is 1.95. The van der Waals surface area contributed by atoms with Gasteiger partial charge in [-0.1, -0.05) is 11.6 Å². The quantitative estimate of drug-likeness (QED) is 0.626. The number of rotatable bonds is 2. The number of imidazole rings is 1. The molecule has 0 unspecified atom stereocenters. The van der Waals surface area contributed by atoms with Crippen molar-refractivity contribution in [2.24, 2.45) is 7.05 Å². The number of carbonyl (C=O) groups is 1. The van der Waals surface area contributed by atoms with Crippen LogP contribution in [-0.2, 0) is 7.05 Å². The largest absolute Gasteiger partial charge is 0.468 e. The third-order valence-electron chi connectivity index (χ3n) is 1.35. The molecule has 1 heterocycles. The van der Waals surface area contributed by atoms with Crippen LogP contribution in [0.25, 0.3) is 0 Å². The van der Waals surface area contributed by atoms with Crippen LogP contribution in [0.4, 0.5) is 0 Å². The zero-order valence-electron chi connectivity index (χ0n) is 6.17. The van der Waals surface area contributed by atoms with Gasteiger partial charge in [0.2, 0.25) is 0 Å². The lowest BCUT2D eigenvalue weighted by Crippen LogP contribution is -1.97. The minimum absolute atomic E-state index is 0.166. The van der Waals surface area contributed by atoms with E-state index in [0.717, 1.165) is 0 Å². The fourth-order valence-electron chi connectivity index (χ4n) is 0.768. The van der Waals surface area contributed by atoms with E-state index in [0.29, 0.717) is 18.0 Å². The third-order valence-corrected chi connectivity index (χ3v) is 1.63. The van der Waals surface area contributed by atoms with Gasteiger partial charge in [0, 0.05) is 7.05 Å². The Labute approximate surface area is 68.7 Å². The minimum atomic E-state index is 0.166. The van der Waals surface area contributed by atoms with Crippen LogP contribution in [0.2, 0.25) is 5.15 Å². The monoisotopic (exact) mass is 174 g/mol. The van der Waals surface area contributed by atoms with E-state index in [2.05, 4.69) is 4.98 Å². The number of hydrogen-bond donors (Lipinski definition) is 0. The molecule has 1 aromatic heterocycles. The molecule has 0 N–H and O–H groups in total. The Bertz CT molecular complexity index is 282. The molecule has 0 radical (unpaired) electrons. The zero-order valence-corrected chi connectivity index (χ0v) is 6.92. The zero-order chi connectivity index (χ0) is 8.43. The Balaban J connectivity index is 3.24. The number of ether oxygens (including phenoxy) is 1. The van der Waals surface area contributed by atoms with Crippen LogP contribution in [0.3, 0.4) is 0 Å². The first kappa shape index (κ1) is 8.07. The molecule has 60 valence electrons. The van der Waals surface area contributed by atoms with E-state index in [-0.39, 0.29) is 5.15 Å². The van der Waals surface area contributed by atoms with Crippen molar-refractivity contribution < 1.29 is 9.53 Å². The second-order valence-corrected chi connectivity index (χ2v) is 2.31. The summed E-state index contributed by atoms with van der Waals surface area (Å²) in [5.41, 5.74) is 0.323. The van der Waals surface area contributed by atoms with Gasteiger partial charge in [-0.05, 0) is 0 Å². The van der Waals surface area contributed by atoms with E-state index in [1.807, 2.05) is 0 Å². The predicted molar refractivity (Wildman–Crippen MR) is 40.2 cm³/mol. The van der Waals surface area contributed by atoms with E-state index < -0.39 is 0 Å². The summed E-state index contributed by atoms with van der Waals surface area (Å²) in [6.45, 7) is 0. The first-order chi connectivity index (χ1) is 5.20. The maximum atomic E-state index is 10.4. The molecule has 0 atom stereocenters. The highest BCUT2D eigenvalue weighted by atomic mass is 35.5. The Morgan fingerprint density at radius 1 is 1.73 bits per heavy atom. The van der Waals surface area contributed by atoms with Crippen LogP contribution >= 0.6 is 11.6 Å². The average molecular weight is 175 g/mol. The lowest BCUT2D eigenvalue weighted by Gasteiger charge is -1.97. The Kier molecular flexibility index (Phi) is 2.14. The second kappa shape index (κ2) is 2.92. The lowest BCUT2D eigenvalue weighted by atomic mass is 10.5. The van der Waals surface area contributed by atoms with Crippen molar-refractivity contribution in [1.29, 1.82) is 0 Å². The lowest BCUT2D eigenvalue weighted by molar-refractivity contribution is 0.111. The summed E-state index contributed by atoms with van der Waals surface area (Å²) in [4.78, 5) is 14.2. The molecule has 5 heteroatoms. The molecule has 0 amide bonds. The van der Waals surface area contributed by atoms with Crippen molar-refractivity contribution in [3.8, 4) is 6.01 Å². The number of nitrogens with zero attached hydrogens (tertiary/aromatic N) is 2. The van der Waals surface area contributed by atoms with Gasteiger partial charge in [-0.25, -0.2) is 0 Å². The Morgan fingerprint density at radius 3 is 2.64 bits per heavy atom. The van der Waals surface area contributed by atoms with E-state index in [4.69, 9.17) is 16.3 Å². The summed E-state index contributed by atoms with van der Waals surface area (Å²) in [5.74, 6) is 0. The topological polar surface area (TPSA) is 44.1 Å². The molecule has 0 fully saturated rings. The predicted octanol–water partition coefficient (Wildman–Crippen LogP) is 0.895. The number of carbonyl (C=O) groups excluding carboxylic acids is 1. The number of aldehydes is 1. The van der Waals surface area contributed by atoms with Gasteiger partial charge < -0.3 is 4.74 Å². The van der Waals surface area contributed by atoms with Gasteiger partial charge >= 0.3 is 0 Å². The van der Waals surface area contributed by atoms with Crippen molar-refractivity contribution in [3.05, 3.63) is 10.8 Å². The van der Waals surface area contributed by atoms with E-state index in [9.17, 15) is 4.79 Å². The van der Waals surface area contributed by atoms with Crippen LogP contribution in [0, 0.1) is 0 Å². The summed E-state index contributed by atoms with van der Waals surface area (Å²) < 4.78 is 6.30. The molecule has 0 aliphatic rings. The van der Waals surface area contributed by atoms with Crippen LogP contribution in [0.5, 0.6) is 6.01 Å². The summed E-state index contributed by atoms with van der Waals surface area (Å²) in [6, 6.07) is 0.331. The fraction of sp³-hybridized carbons (Fsp3) is 0.333. The van der Waals surface area contributed by atoms with Crippen molar-refractivity contribution in [2.75, 3.05) is 7.11 Å². The van der Waals surface area contributed by atoms with Crippen LogP contribution < -0.4 is 4.74 Å². The molecule has 0 aliphatic heterocycles. The summed E-state index contributed by atoms with van der Waals surface area (Å²) >= 11 is 5.59.